The third-order valence-corrected chi connectivity index (χ3v) is 9.26. The summed E-state index contributed by atoms with van der Waals surface area (Å²) >= 11 is 0. The maximum Gasteiger partial charge on any atom is 0.0328 e. The van der Waals surface area contributed by atoms with Crippen LogP contribution in [0.3, 0.4) is 0 Å². The Bertz CT molecular complexity index is 816. The molecule has 0 radical (unpaired) electrons. The average molecular weight is 401 g/mol. The zero-order valence-corrected chi connectivity index (χ0v) is 18.3. The quantitative estimate of drug-likeness (QED) is 0.669. The second-order valence-electron chi connectivity index (χ2n) is 10.8. The molecular formula is C28H36N2. The molecule has 2 aromatic rings. The van der Waals surface area contributed by atoms with E-state index in [2.05, 4.69) is 59.2 Å². The fourth-order valence-corrected chi connectivity index (χ4v) is 7.37. The molecule has 2 unspecified atom stereocenters. The van der Waals surface area contributed by atoms with Crippen LogP contribution in [0.15, 0.2) is 48.5 Å². The Morgan fingerprint density at radius 3 is 1.43 bits per heavy atom. The lowest BCUT2D eigenvalue weighted by atomic mass is 9.50. The summed E-state index contributed by atoms with van der Waals surface area (Å²) in [5.41, 5.74) is 7.51. The summed E-state index contributed by atoms with van der Waals surface area (Å²) in [4.78, 5) is 0. The summed E-state index contributed by atoms with van der Waals surface area (Å²) in [6.45, 7) is 2.29. The van der Waals surface area contributed by atoms with E-state index in [0.29, 0.717) is 22.9 Å². The number of nitrogens with one attached hydrogen (secondary N) is 2. The van der Waals surface area contributed by atoms with Gasteiger partial charge in [-0.25, -0.2) is 0 Å². The minimum Gasteiger partial charge on any atom is -0.310 e. The van der Waals surface area contributed by atoms with E-state index < -0.39 is 0 Å². The largest absolute Gasteiger partial charge is 0.310 e. The van der Waals surface area contributed by atoms with Gasteiger partial charge in [0, 0.05) is 12.1 Å². The standard InChI is InChI=1S/C28H36N2/c1-3-7-23-21(5-1)9-17-29-25(23)19-27-11-14-28(15-12-27,16-13-27)20-26-24-8-4-2-6-22(24)10-18-30-26/h1-8,25-26,29-30H,9-20H2. The molecule has 0 aromatic heterocycles. The van der Waals surface area contributed by atoms with Crippen molar-refractivity contribution in [1.82, 2.24) is 10.6 Å². The van der Waals surface area contributed by atoms with Crippen molar-refractivity contribution in [2.24, 2.45) is 10.8 Å². The molecule has 2 bridgehead atoms. The van der Waals surface area contributed by atoms with Gasteiger partial charge in [-0.3, -0.25) is 0 Å². The van der Waals surface area contributed by atoms with Gasteiger partial charge in [-0.05, 0) is 110 Å². The molecule has 3 aliphatic carbocycles. The normalized spacial score (nSPS) is 34.9. The SMILES string of the molecule is c1ccc2c(c1)CCNC2CC12CCC(CC3NCCc4ccccc43)(CC1)CC2. The van der Waals surface area contributed by atoms with E-state index in [-0.39, 0.29) is 0 Å². The molecule has 3 fully saturated rings. The van der Waals surface area contributed by atoms with E-state index in [1.54, 1.807) is 22.3 Å². The Kier molecular flexibility index (Phi) is 4.77. The van der Waals surface area contributed by atoms with Crippen LogP contribution in [0, 0.1) is 10.8 Å². The van der Waals surface area contributed by atoms with Gasteiger partial charge >= 0.3 is 0 Å². The number of hydrogen-bond donors (Lipinski definition) is 2. The molecule has 3 saturated carbocycles. The van der Waals surface area contributed by atoms with Crippen molar-refractivity contribution in [3.63, 3.8) is 0 Å². The van der Waals surface area contributed by atoms with Crippen molar-refractivity contribution in [3.05, 3.63) is 70.8 Å². The summed E-state index contributed by atoms with van der Waals surface area (Å²) in [6, 6.07) is 19.5. The highest BCUT2D eigenvalue weighted by Crippen LogP contribution is 2.62. The Labute approximate surface area is 181 Å². The van der Waals surface area contributed by atoms with Crippen molar-refractivity contribution < 1.29 is 0 Å². The molecular weight excluding hydrogens is 364 g/mol. The van der Waals surface area contributed by atoms with E-state index in [9.17, 15) is 0 Å². The predicted octanol–water partition coefficient (Wildman–Crippen LogP) is 5.88. The molecule has 2 N–H and O–H groups in total. The molecule has 30 heavy (non-hydrogen) atoms. The van der Waals surface area contributed by atoms with Crippen LogP contribution >= 0.6 is 0 Å². The third kappa shape index (κ3) is 3.33. The first kappa shape index (κ1) is 19.1. The maximum atomic E-state index is 3.88. The molecule has 2 aromatic carbocycles. The zero-order chi connectivity index (χ0) is 20.0. The first-order chi connectivity index (χ1) is 14.7. The average Bonchev–Trinajstić information content (AvgIpc) is 2.81. The molecule has 2 aliphatic heterocycles. The number of fused-ring (bicyclic) bond motifs is 5. The second kappa shape index (κ2) is 7.50. The molecule has 5 aliphatic rings. The van der Waals surface area contributed by atoms with Gasteiger partial charge in [0.15, 0.2) is 0 Å². The third-order valence-electron chi connectivity index (χ3n) is 9.26. The van der Waals surface area contributed by atoms with E-state index >= 15 is 0 Å². The van der Waals surface area contributed by atoms with Crippen molar-refractivity contribution in [1.29, 1.82) is 0 Å². The lowest BCUT2D eigenvalue weighted by molar-refractivity contribution is -0.0313. The molecule has 7 rings (SSSR count). The Balaban J connectivity index is 1.15. The van der Waals surface area contributed by atoms with Crippen molar-refractivity contribution >= 4 is 0 Å². The van der Waals surface area contributed by atoms with Crippen LogP contribution in [0.5, 0.6) is 0 Å². The maximum absolute atomic E-state index is 3.88. The molecule has 2 atom stereocenters. The summed E-state index contributed by atoms with van der Waals surface area (Å²) in [5.74, 6) is 0. The van der Waals surface area contributed by atoms with Gasteiger partial charge in [0.25, 0.3) is 0 Å². The summed E-state index contributed by atoms with van der Waals surface area (Å²) < 4.78 is 0. The van der Waals surface area contributed by atoms with Gasteiger partial charge in [-0.15, -0.1) is 0 Å². The highest BCUT2D eigenvalue weighted by molar-refractivity contribution is 5.34. The minimum atomic E-state index is 0.576. The highest BCUT2D eigenvalue weighted by Gasteiger charge is 2.50. The fraction of sp³-hybridized carbons (Fsp3) is 0.571. The molecule has 158 valence electrons. The lowest BCUT2D eigenvalue weighted by Gasteiger charge is -2.56. The molecule has 0 spiro atoms. The summed E-state index contributed by atoms with van der Waals surface area (Å²) in [5, 5.41) is 7.75. The Morgan fingerprint density at radius 1 is 0.600 bits per heavy atom. The van der Waals surface area contributed by atoms with Gasteiger partial charge in [-0.2, -0.15) is 0 Å². The van der Waals surface area contributed by atoms with Crippen molar-refractivity contribution in [3.8, 4) is 0 Å². The Hall–Kier alpha value is -1.64. The summed E-state index contributed by atoms with van der Waals surface area (Å²) in [7, 11) is 0. The lowest BCUT2D eigenvalue weighted by Crippen LogP contribution is -2.46. The molecule has 2 heterocycles. The monoisotopic (exact) mass is 400 g/mol. The van der Waals surface area contributed by atoms with Crippen LogP contribution in [-0.4, -0.2) is 13.1 Å². The van der Waals surface area contributed by atoms with Gasteiger partial charge in [0.2, 0.25) is 0 Å². The fourth-order valence-electron chi connectivity index (χ4n) is 7.37. The van der Waals surface area contributed by atoms with Crippen LogP contribution in [0.1, 0.15) is 85.7 Å². The van der Waals surface area contributed by atoms with Crippen molar-refractivity contribution in [2.75, 3.05) is 13.1 Å². The van der Waals surface area contributed by atoms with Crippen LogP contribution < -0.4 is 10.6 Å². The zero-order valence-electron chi connectivity index (χ0n) is 18.3. The molecule has 2 heteroatoms. The van der Waals surface area contributed by atoms with Gasteiger partial charge in [-0.1, -0.05) is 48.5 Å². The van der Waals surface area contributed by atoms with E-state index in [4.69, 9.17) is 0 Å². The van der Waals surface area contributed by atoms with Crippen LogP contribution in [0.2, 0.25) is 0 Å². The van der Waals surface area contributed by atoms with Crippen LogP contribution in [0.4, 0.5) is 0 Å². The number of rotatable bonds is 4. The predicted molar refractivity (Wildman–Crippen MR) is 124 cm³/mol. The van der Waals surface area contributed by atoms with Gasteiger partial charge in [0.1, 0.15) is 0 Å². The molecule has 0 amide bonds. The summed E-state index contributed by atoms with van der Waals surface area (Å²) in [6.07, 6.45) is 13.8. The topological polar surface area (TPSA) is 24.1 Å². The van der Waals surface area contributed by atoms with Crippen molar-refractivity contribution in [2.45, 2.75) is 76.3 Å². The first-order valence-electron chi connectivity index (χ1n) is 12.4. The number of benzene rings is 2. The molecule has 2 nitrogen and oxygen atoms in total. The van der Waals surface area contributed by atoms with E-state index in [1.807, 2.05) is 0 Å². The first-order valence-corrected chi connectivity index (χ1v) is 12.4. The minimum absolute atomic E-state index is 0.576. The second-order valence-corrected chi connectivity index (χ2v) is 10.8. The smallest absolute Gasteiger partial charge is 0.0328 e. The molecule has 0 saturated heterocycles. The van der Waals surface area contributed by atoms with E-state index in [0.717, 1.165) is 13.1 Å². The number of hydrogen-bond acceptors (Lipinski definition) is 2. The van der Waals surface area contributed by atoms with Crippen LogP contribution in [-0.2, 0) is 12.8 Å². The Morgan fingerprint density at radius 2 is 1.00 bits per heavy atom. The van der Waals surface area contributed by atoms with E-state index in [1.165, 1.54) is 64.2 Å². The van der Waals surface area contributed by atoms with Gasteiger partial charge in [0.05, 0.1) is 0 Å². The highest BCUT2D eigenvalue weighted by atomic mass is 14.9. The van der Waals surface area contributed by atoms with Gasteiger partial charge < -0.3 is 10.6 Å². The van der Waals surface area contributed by atoms with Crippen LogP contribution in [0.25, 0.3) is 0 Å².